The van der Waals surface area contributed by atoms with Gasteiger partial charge in [0.15, 0.2) is 0 Å². The van der Waals surface area contributed by atoms with Crippen molar-refractivity contribution in [2.24, 2.45) is 11.3 Å². The first-order valence-electron chi connectivity index (χ1n) is 5.28. The maximum Gasteiger partial charge on any atom is 0.00980 e. The molecule has 1 nitrogen and oxygen atoms in total. The number of hydrogen-bond acceptors (Lipinski definition) is 1. The molecule has 1 saturated heterocycles. The van der Waals surface area contributed by atoms with Gasteiger partial charge in [0.25, 0.3) is 0 Å². The fourth-order valence-corrected chi connectivity index (χ4v) is 2.40. The van der Waals surface area contributed by atoms with Gasteiger partial charge in [-0.05, 0) is 31.2 Å². The van der Waals surface area contributed by atoms with Gasteiger partial charge in [-0.15, -0.1) is 0 Å². The maximum atomic E-state index is 3.62. The van der Waals surface area contributed by atoms with Crippen LogP contribution >= 0.6 is 15.9 Å². The Morgan fingerprint density at radius 2 is 2.00 bits per heavy atom. The van der Waals surface area contributed by atoms with E-state index >= 15 is 0 Å². The lowest BCUT2D eigenvalue weighted by molar-refractivity contribution is 0.189. The zero-order valence-electron chi connectivity index (χ0n) is 9.31. The lowest BCUT2D eigenvalue weighted by Crippen LogP contribution is -2.36. The summed E-state index contributed by atoms with van der Waals surface area (Å²) in [5, 5.41) is 1.14. The first-order chi connectivity index (χ1) is 5.98. The summed E-state index contributed by atoms with van der Waals surface area (Å²) in [6.07, 6.45) is 1.34. The first kappa shape index (κ1) is 11.5. The maximum absolute atomic E-state index is 3.62. The van der Waals surface area contributed by atoms with Crippen LogP contribution in [-0.4, -0.2) is 29.4 Å². The smallest absolute Gasteiger partial charge is 0.00980 e. The van der Waals surface area contributed by atoms with Crippen LogP contribution in [0.2, 0.25) is 0 Å². The zero-order valence-corrected chi connectivity index (χ0v) is 10.9. The number of halogens is 1. The molecule has 78 valence electrons. The third kappa shape index (κ3) is 2.69. The molecule has 0 aromatic carbocycles. The highest BCUT2D eigenvalue weighted by Gasteiger charge is 2.35. The molecule has 0 bridgehead atoms. The fraction of sp³-hybridized carbons (Fsp3) is 1.00. The van der Waals surface area contributed by atoms with E-state index in [0.29, 0.717) is 5.41 Å². The highest BCUT2D eigenvalue weighted by atomic mass is 79.9. The van der Waals surface area contributed by atoms with E-state index in [0.717, 1.165) is 17.3 Å². The standard InChI is InChI=1S/C11H22BrN/c1-9(2)10(3)13-6-5-11(4,7-12)8-13/h9-10H,5-8H2,1-4H3. The Bertz CT molecular complexity index is 169. The Morgan fingerprint density at radius 3 is 2.38 bits per heavy atom. The SMILES string of the molecule is CC(C)C(C)N1CCC(C)(CBr)C1. The third-order valence-electron chi connectivity index (χ3n) is 3.45. The van der Waals surface area contributed by atoms with Gasteiger partial charge in [0, 0.05) is 17.9 Å². The summed E-state index contributed by atoms with van der Waals surface area (Å²) in [5.41, 5.74) is 0.517. The number of likely N-dealkylation sites (tertiary alicyclic amines) is 1. The molecule has 0 aromatic heterocycles. The summed E-state index contributed by atoms with van der Waals surface area (Å²) < 4.78 is 0. The highest BCUT2D eigenvalue weighted by molar-refractivity contribution is 9.09. The van der Waals surface area contributed by atoms with Crippen LogP contribution < -0.4 is 0 Å². The molecule has 0 aliphatic carbocycles. The van der Waals surface area contributed by atoms with Crippen molar-refractivity contribution in [3.8, 4) is 0 Å². The van der Waals surface area contributed by atoms with Gasteiger partial charge in [-0.3, -0.25) is 4.90 Å². The Hall–Kier alpha value is 0.440. The molecule has 0 radical (unpaired) electrons. The molecule has 1 aliphatic rings. The number of nitrogens with zero attached hydrogens (tertiary/aromatic N) is 1. The molecule has 13 heavy (non-hydrogen) atoms. The molecule has 0 spiro atoms. The Morgan fingerprint density at radius 1 is 1.38 bits per heavy atom. The minimum atomic E-state index is 0.517. The molecular weight excluding hydrogens is 226 g/mol. The van der Waals surface area contributed by atoms with Crippen LogP contribution in [0.4, 0.5) is 0 Å². The molecule has 2 unspecified atom stereocenters. The molecule has 2 heteroatoms. The van der Waals surface area contributed by atoms with Crippen molar-refractivity contribution in [2.45, 2.75) is 40.2 Å². The molecule has 1 rings (SSSR count). The Labute approximate surface area is 91.0 Å². The minimum absolute atomic E-state index is 0.517. The quantitative estimate of drug-likeness (QED) is 0.693. The van der Waals surface area contributed by atoms with Gasteiger partial charge in [0.1, 0.15) is 0 Å². The Kier molecular flexibility index (Phi) is 3.82. The number of hydrogen-bond donors (Lipinski definition) is 0. The van der Waals surface area contributed by atoms with Crippen LogP contribution in [0.1, 0.15) is 34.1 Å². The summed E-state index contributed by atoms with van der Waals surface area (Å²) in [7, 11) is 0. The monoisotopic (exact) mass is 247 g/mol. The van der Waals surface area contributed by atoms with Crippen molar-refractivity contribution in [3.05, 3.63) is 0 Å². The number of rotatable bonds is 3. The Balaban J connectivity index is 2.49. The van der Waals surface area contributed by atoms with E-state index in [1.807, 2.05) is 0 Å². The van der Waals surface area contributed by atoms with E-state index in [9.17, 15) is 0 Å². The molecule has 1 fully saturated rings. The molecule has 2 atom stereocenters. The van der Waals surface area contributed by atoms with Crippen molar-refractivity contribution >= 4 is 15.9 Å². The second kappa shape index (κ2) is 4.31. The molecule has 1 heterocycles. The normalized spacial score (nSPS) is 32.8. The van der Waals surface area contributed by atoms with Crippen molar-refractivity contribution in [1.82, 2.24) is 4.90 Å². The van der Waals surface area contributed by atoms with Crippen LogP contribution in [0.5, 0.6) is 0 Å². The topological polar surface area (TPSA) is 3.24 Å². The molecule has 0 saturated carbocycles. The summed E-state index contributed by atoms with van der Waals surface area (Å²) in [6.45, 7) is 11.9. The first-order valence-corrected chi connectivity index (χ1v) is 6.41. The van der Waals surface area contributed by atoms with E-state index in [1.54, 1.807) is 0 Å². The lowest BCUT2D eigenvalue weighted by atomic mass is 9.93. The van der Waals surface area contributed by atoms with Crippen molar-refractivity contribution < 1.29 is 0 Å². The van der Waals surface area contributed by atoms with Crippen molar-refractivity contribution in [2.75, 3.05) is 18.4 Å². The largest absolute Gasteiger partial charge is 0.300 e. The van der Waals surface area contributed by atoms with Crippen molar-refractivity contribution in [1.29, 1.82) is 0 Å². The van der Waals surface area contributed by atoms with Crippen LogP contribution in [0, 0.1) is 11.3 Å². The fourth-order valence-electron chi connectivity index (χ4n) is 1.94. The van der Waals surface area contributed by atoms with E-state index in [-0.39, 0.29) is 0 Å². The van der Waals surface area contributed by atoms with Gasteiger partial charge in [0.05, 0.1) is 0 Å². The molecule has 0 aromatic rings. The minimum Gasteiger partial charge on any atom is -0.300 e. The highest BCUT2D eigenvalue weighted by Crippen LogP contribution is 2.33. The molecular formula is C11H22BrN. The van der Waals surface area contributed by atoms with E-state index in [4.69, 9.17) is 0 Å². The third-order valence-corrected chi connectivity index (χ3v) is 4.80. The van der Waals surface area contributed by atoms with Gasteiger partial charge in [0.2, 0.25) is 0 Å². The van der Waals surface area contributed by atoms with Gasteiger partial charge < -0.3 is 0 Å². The summed E-state index contributed by atoms with van der Waals surface area (Å²) in [5.74, 6) is 0.776. The summed E-state index contributed by atoms with van der Waals surface area (Å²) in [4.78, 5) is 2.63. The second-order valence-electron chi connectivity index (χ2n) is 5.15. The molecule has 0 N–H and O–H groups in total. The van der Waals surface area contributed by atoms with Gasteiger partial charge in [-0.25, -0.2) is 0 Å². The second-order valence-corrected chi connectivity index (χ2v) is 5.71. The van der Waals surface area contributed by atoms with Crippen LogP contribution in [0.15, 0.2) is 0 Å². The predicted octanol–water partition coefficient (Wildman–Crippen LogP) is 3.14. The number of alkyl halides is 1. The summed E-state index contributed by atoms with van der Waals surface area (Å²) >= 11 is 3.62. The van der Waals surface area contributed by atoms with E-state index in [2.05, 4.69) is 48.5 Å². The average molecular weight is 248 g/mol. The van der Waals surface area contributed by atoms with Gasteiger partial charge in [-0.2, -0.15) is 0 Å². The van der Waals surface area contributed by atoms with Crippen LogP contribution in [0.3, 0.4) is 0 Å². The summed E-state index contributed by atoms with van der Waals surface area (Å²) in [6, 6.07) is 0.737. The lowest BCUT2D eigenvalue weighted by Gasteiger charge is -2.29. The van der Waals surface area contributed by atoms with E-state index < -0.39 is 0 Å². The van der Waals surface area contributed by atoms with Crippen LogP contribution in [-0.2, 0) is 0 Å². The van der Waals surface area contributed by atoms with Crippen molar-refractivity contribution in [3.63, 3.8) is 0 Å². The van der Waals surface area contributed by atoms with Crippen LogP contribution in [0.25, 0.3) is 0 Å². The predicted molar refractivity (Wildman–Crippen MR) is 62.4 cm³/mol. The average Bonchev–Trinajstić information content (AvgIpc) is 2.47. The van der Waals surface area contributed by atoms with E-state index in [1.165, 1.54) is 19.5 Å². The molecule has 0 amide bonds. The van der Waals surface area contributed by atoms with Gasteiger partial charge >= 0.3 is 0 Å². The zero-order chi connectivity index (χ0) is 10.1. The molecule has 1 aliphatic heterocycles. The van der Waals surface area contributed by atoms with Gasteiger partial charge in [-0.1, -0.05) is 36.7 Å².